The van der Waals surface area contributed by atoms with Gasteiger partial charge >= 0.3 is 0 Å². The molecule has 1 N–H and O–H groups in total. The number of hydrogen-bond donors (Lipinski definition) is 1. The van der Waals surface area contributed by atoms with Crippen molar-refractivity contribution >= 4 is 27.5 Å². The summed E-state index contributed by atoms with van der Waals surface area (Å²) in [6, 6.07) is 0. The first-order chi connectivity index (χ1) is 8.80. The molecule has 0 aromatic carbocycles. The normalized spacial score (nSPS) is 11.6. The highest BCUT2D eigenvalue weighted by Crippen LogP contribution is 2.21. The Balaban J connectivity index is 2.21. The zero-order valence-corrected chi connectivity index (χ0v) is 12.9. The van der Waals surface area contributed by atoms with Gasteiger partial charge in [0.2, 0.25) is 0 Å². The summed E-state index contributed by atoms with van der Waals surface area (Å²) in [6.07, 6.45) is 5.21. The van der Waals surface area contributed by atoms with Crippen LogP contribution in [0.2, 0.25) is 0 Å². The fourth-order valence-electron chi connectivity index (χ4n) is 1.71. The van der Waals surface area contributed by atoms with Gasteiger partial charge in [0, 0.05) is 19.4 Å². The molecule has 102 valence electrons. The third-order valence-electron chi connectivity index (χ3n) is 2.94. The van der Waals surface area contributed by atoms with Gasteiger partial charge in [-0.3, -0.25) is 14.2 Å². The summed E-state index contributed by atoms with van der Waals surface area (Å²) in [5.41, 5.74) is 0.717. The quantitative estimate of drug-likeness (QED) is 0.939. The van der Waals surface area contributed by atoms with Crippen LogP contribution in [0.15, 0.2) is 23.1 Å². The van der Waals surface area contributed by atoms with E-state index in [1.807, 2.05) is 27.8 Å². The molecule has 19 heavy (non-hydrogen) atoms. The van der Waals surface area contributed by atoms with Crippen LogP contribution in [-0.2, 0) is 17.4 Å². The minimum Gasteiger partial charge on any atom is -0.321 e. The van der Waals surface area contributed by atoms with E-state index in [1.165, 1.54) is 0 Å². The van der Waals surface area contributed by atoms with Crippen LogP contribution < -0.4 is 5.32 Å². The molecule has 0 spiro atoms. The number of nitrogens with one attached hydrogen (secondary N) is 1. The van der Waals surface area contributed by atoms with Gasteiger partial charge in [-0.2, -0.15) is 10.2 Å². The van der Waals surface area contributed by atoms with Gasteiger partial charge in [-0.1, -0.05) is 0 Å². The Morgan fingerprint density at radius 3 is 2.58 bits per heavy atom. The maximum atomic E-state index is 12.4. The van der Waals surface area contributed by atoms with E-state index in [9.17, 15) is 4.79 Å². The highest BCUT2D eigenvalue weighted by Gasteiger charge is 2.31. The number of halogens is 1. The lowest BCUT2D eigenvalue weighted by Crippen LogP contribution is -2.40. The van der Waals surface area contributed by atoms with Crippen molar-refractivity contribution in [2.75, 3.05) is 5.32 Å². The Labute approximate surface area is 119 Å². The Kier molecular flexibility index (Phi) is 3.49. The lowest BCUT2D eigenvalue weighted by Gasteiger charge is -2.23. The summed E-state index contributed by atoms with van der Waals surface area (Å²) in [5.74, 6) is -0.140. The van der Waals surface area contributed by atoms with Crippen LogP contribution >= 0.6 is 15.9 Å². The van der Waals surface area contributed by atoms with Crippen molar-refractivity contribution in [3.8, 4) is 0 Å². The Hall–Kier alpha value is -1.63. The average Bonchev–Trinajstić information content (AvgIpc) is 2.86. The molecule has 7 heteroatoms. The average molecular weight is 326 g/mol. The maximum absolute atomic E-state index is 12.4. The highest BCUT2D eigenvalue weighted by molar-refractivity contribution is 9.10. The summed E-state index contributed by atoms with van der Waals surface area (Å²) in [7, 11) is 1.82. The van der Waals surface area contributed by atoms with Crippen molar-refractivity contribution < 1.29 is 4.79 Å². The second-order valence-corrected chi connectivity index (χ2v) is 5.83. The number of aromatic nitrogens is 4. The van der Waals surface area contributed by atoms with Crippen molar-refractivity contribution in [3.63, 3.8) is 0 Å². The molecule has 0 aliphatic carbocycles. The van der Waals surface area contributed by atoms with Gasteiger partial charge in [0.15, 0.2) is 0 Å². The summed E-state index contributed by atoms with van der Waals surface area (Å²) in [5, 5.41) is 11.2. The molecule has 2 aromatic heterocycles. The first-order valence-electron chi connectivity index (χ1n) is 5.83. The van der Waals surface area contributed by atoms with Crippen LogP contribution in [0.25, 0.3) is 0 Å². The molecule has 2 aromatic rings. The molecule has 0 bridgehead atoms. The number of hydrogen-bond acceptors (Lipinski definition) is 3. The Bertz CT molecular complexity index is 613. The predicted octanol–water partition coefficient (Wildman–Crippen LogP) is 2.06. The topological polar surface area (TPSA) is 64.7 Å². The van der Waals surface area contributed by atoms with E-state index in [0.717, 1.165) is 10.2 Å². The van der Waals surface area contributed by atoms with Crippen LogP contribution in [0.5, 0.6) is 0 Å². The largest absolute Gasteiger partial charge is 0.321 e. The molecule has 2 heterocycles. The molecular weight excluding hydrogens is 310 g/mol. The molecule has 2 rings (SSSR count). The van der Waals surface area contributed by atoms with Gasteiger partial charge in [-0.25, -0.2) is 0 Å². The van der Waals surface area contributed by atoms with Gasteiger partial charge in [0.25, 0.3) is 5.91 Å². The molecule has 0 fully saturated rings. The first kappa shape index (κ1) is 13.8. The van der Waals surface area contributed by atoms with E-state index in [4.69, 9.17) is 0 Å². The van der Waals surface area contributed by atoms with Crippen molar-refractivity contribution in [1.82, 2.24) is 19.6 Å². The summed E-state index contributed by atoms with van der Waals surface area (Å²) in [4.78, 5) is 12.4. The van der Waals surface area contributed by atoms with Crippen molar-refractivity contribution in [1.29, 1.82) is 0 Å². The molecule has 0 unspecified atom stereocenters. The molecule has 0 atom stereocenters. The number of amides is 1. The van der Waals surface area contributed by atoms with E-state index in [2.05, 4.69) is 31.4 Å². The lowest BCUT2D eigenvalue weighted by atomic mass is 10.1. The lowest BCUT2D eigenvalue weighted by molar-refractivity contribution is -0.123. The number of aryl methyl sites for hydroxylation is 2. The maximum Gasteiger partial charge on any atom is 0.251 e. The van der Waals surface area contributed by atoms with Crippen molar-refractivity contribution in [2.24, 2.45) is 7.05 Å². The number of anilines is 1. The second-order valence-electron chi connectivity index (χ2n) is 4.92. The summed E-state index contributed by atoms with van der Waals surface area (Å²) in [6.45, 7) is 5.48. The number of rotatable bonds is 3. The van der Waals surface area contributed by atoms with Gasteiger partial charge < -0.3 is 5.32 Å². The molecule has 0 saturated heterocycles. The van der Waals surface area contributed by atoms with E-state index in [-0.39, 0.29) is 5.91 Å². The zero-order chi connectivity index (χ0) is 14.2. The Morgan fingerprint density at radius 2 is 2.11 bits per heavy atom. The molecule has 0 radical (unpaired) electrons. The minimum absolute atomic E-state index is 0.140. The molecule has 1 amide bonds. The molecule has 0 aliphatic rings. The molecular formula is C12H16BrN5O. The number of nitrogens with zero attached hydrogens (tertiary/aromatic N) is 4. The number of carbonyl (C=O) groups excluding carboxylic acids is 1. The standard InChI is InChI=1S/C12H16BrN5O/c1-8-10(7-17(4)16-8)15-11(19)12(2,3)18-6-9(13)5-14-18/h5-7H,1-4H3,(H,15,19). The van der Waals surface area contributed by atoms with Crippen LogP contribution in [0.4, 0.5) is 5.69 Å². The zero-order valence-electron chi connectivity index (χ0n) is 11.3. The molecule has 0 saturated carbocycles. The monoisotopic (exact) mass is 325 g/mol. The van der Waals surface area contributed by atoms with Crippen LogP contribution in [0, 0.1) is 6.92 Å². The van der Waals surface area contributed by atoms with E-state index < -0.39 is 5.54 Å². The molecule has 6 nitrogen and oxygen atoms in total. The second kappa shape index (κ2) is 4.80. The third kappa shape index (κ3) is 2.70. The minimum atomic E-state index is -0.783. The highest BCUT2D eigenvalue weighted by atomic mass is 79.9. The first-order valence-corrected chi connectivity index (χ1v) is 6.62. The fraction of sp³-hybridized carbons (Fsp3) is 0.417. The smallest absolute Gasteiger partial charge is 0.251 e. The predicted molar refractivity (Wildman–Crippen MR) is 75.8 cm³/mol. The third-order valence-corrected chi connectivity index (χ3v) is 3.35. The van der Waals surface area contributed by atoms with E-state index in [1.54, 1.807) is 28.0 Å². The molecule has 0 aliphatic heterocycles. The van der Waals surface area contributed by atoms with Crippen LogP contribution in [-0.4, -0.2) is 25.5 Å². The summed E-state index contributed by atoms with van der Waals surface area (Å²) >= 11 is 3.33. The van der Waals surface area contributed by atoms with Crippen LogP contribution in [0.3, 0.4) is 0 Å². The fourth-order valence-corrected chi connectivity index (χ4v) is 1.99. The van der Waals surface area contributed by atoms with Crippen molar-refractivity contribution in [3.05, 3.63) is 28.8 Å². The van der Waals surface area contributed by atoms with Crippen LogP contribution in [0.1, 0.15) is 19.5 Å². The van der Waals surface area contributed by atoms with Gasteiger partial charge in [0.05, 0.1) is 22.1 Å². The van der Waals surface area contributed by atoms with Gasteiger partial charge in [-0.05, 0) is 36.7 Å². The van der Waals surface area contributed by atoms with Gasteiger partial charge in [0.1, 0.15) is 5.54 Å². The Morgan fingerprint density at radius 1 is 1.42 bits per heavy atom. The van der Waals surface area contributed by atoms with Gasteiger partial charge in [-0.15, -0.1) is 0 Å². The van der Waals surface area contributed by atoms with E-state index in [0.29, 0.717) is 5.69 Å². The SMILES string of the molecule is Cc1nn(C)cc1NC(=O)C(C)(C)n1cc(Br)cn1. The summed E-state index contributed by atoms with van der Waals surface area (Å²) < 4.78 is 4.13. The number of carbonyl (C=O) groups is 1. The van der Waals surface area contributed by atoms with Crippen molar-refractivity contribution in [2.45, 2.75) is 26.3 Å². The van der Waals surface area contributed by atoms with E-state index >= 15 is 0 Å².